The molecule has 1 aromatic heterocycles. The Hall–Kier alpha value is -2.90. The molecule has 5 N–H and O–H groups in total. The molecule has 4 aromatic rings. The van der Waals surface area contributed by atoms with Crippen molar-refractivity contribution in [2.75, 3.05) is 25.4 Å². The van der Waals surface area contributed by atoms with E-state index in [9.17, 15) is 5.11 Å². The summed E-state index contributed by atoms with van der Waals surface area (Å²) in [4.78, 5) is 5.48. The first-order valence-corrected chi connectivity index (χ1v) is 11.6. The van der Waals surface area contributed by atoms with Crippen LogP contribution in [0.4, 0.5) is 5.69 Å². The van der Waals surface area contributed by atoms with Gasteiger partial charge in [-0.25, -0.2) is 0 Å². The number of aliphatic hydroxyl groups is 1. The van der Waals surface area contributed by atoms with Crippen molar-refractivity contribution in [1.82, 2.24) is 15.0 Å². The summed E-state index contributed by atoms with van der Waals surface area (Å²) < 4.78 is 3.46. The Kier molecular flexibility index (Phi) is 7.74. The average Bonchev–Trinajstić information content (AvgIpc) is 2.84. The van der Waals surface area contributed by atoms with E-state index in [1.807, 2.05) is 42.7 Å². The normalized spacial score (nSPS) is 12.2. The minimum atomic E-state index is -0.480. The minimum Gasteiger partial charge on any atom is -0.399 e. The summed E-state index contributed by atoms with van der Waals surface area (Å²) in [5.41, 5.74) is 9.69. The van der Waals surface area contributed by atoms with Crippen molar-refractivity contribution in [3.63, 3.8) is 0 Å². The van der Waals surface area contributed by atoms with E-state index in [1.54, 1.807) is 11.9 Å². The zero-order chi connectivity index (χ0) is 22.2. The van der Waals surface area contributed by atoms with Crippen molar-refractivity contribution in [2.45, 2.75) is 17.4 Å². The SMILES string of the molecule is Nc1ccc(C(O)CCNCCNSc2cc(-c3ccccc3)cc3cnccc23)cc1. The van der Waals surface area contributed by atoms with E-state index in [-0.39, 0.29) is 0 Å². The number of nitrogens with one attached hydrogen (secondary N) is 2. The average molecular weight is 445 g/mol. The summed E-state index contributed by atoms with van der Waals surface area (Å²) in [6.07, 6.45) is 3.93. The van der Waals surface area contributed by atoms with Gasteiger partial charge in [0.05, 0.1) is 6.10 Å². The predicted molar refractivity (Wildman–Crippen MR) is 134 cm³/mol. The molecule has 0 fully saturated rings. The Bertz CT molecular complexity index is 1140. The molecule has 0 saturated heterocycles. The molecule has 164 valence electrons. The molecule has 4 rings (SSSR count). The van der Waals surface area contributed by atoms with Crippen molar-refractivity contribution in [2.24, 2.45) is 0 Å². The van der Waals surface area contributed by atoms with Gasteiger partial charge < -0.3 is 16.2 Å². The van der Waals surface area contributed by atoms with Crippen LogP contribution in [-0.2, 0) is 0 Å². The van der Waals surface area contributed by atoms with Crippen LogP contribution in [0.15, 0.2) is 90.1 Å². The standard InChI is InChI=1S/C26H28N4OS/c27-23-8-6-20(7-9-23)25(31)11-13-28-14-15-30-32-26-17-21(19-4-2-1-3-5-19)16-22-18-29-12-10-24(22)26/h1-10,12,16-18,25,28,30-31H,11,13-15,27H2. The topological polar surface area (TPSA) is 83.2 Å². The molecule has 0 amide bonds. The van der Waals surface area contributed by atoms with Gasteiger partial charge in [0.2, 0.25) is 0 Å². The fourth-order valence-electron chi connectivity index (χ4n) is 3.57. The lowest BCUT2D eigenvalue weighted by Crippen LogP contribution is -2.25. The number of hydrogen-bond donors (Lipinski definition) is 4. The molecular weight excluding hydrogens is 416 g/mol. The highest BCUT2D eigenvalue weighted by molar-refractivity contribution is 7.97. The number of nitrogens with zero attached hydrogens (tertiary/aromatic N) is 1. The van der Waals surface area contributed by atoms with Crippen molar-refractivity contribution < 1.29 is 5.11 Å². The molecule has 1 atom stereocenters. The van der Waals surface area contributed by atoms with Crippen LogP contribution in [0.2, 0.25) is 0 Å². The van der Waals surface area contributed by atoms with Crippen molar-refractivity contribution in [3.8, 4) is 11.1 Å². The van der Waals surface area contributed by atoms with Crippen LogP contribution in [-0.4, -0.2) is 29.7 Å². The number of pyridine rings is 1. The third-order valence-electron chi connectivity index (χ3n) is 5.32. The fourth-order valence-corrected chi connectivity index (χ4v) is 4.41. The van der Waals surface area contributed by atoms with Crippen LogP contribution in [0.5, 0.6) is 0 Å². The molecule has 0 aliphatic heterocycles. The number of fused-ring (bicyclic) bond motifs is 1. The van der Waals surface area contributed by atoms with Crippen molar-refractivity contribution in [3.05, 3.63) is 90.8 Å². The van der Waals surface area contributed by atoms with E-state index in [4.69, 9.17) is 5.73 Å². The molecule has 32 heavy (non-hydrogen) atoms. The number of nitrogen functional groups attached to an aromatic ring is 1. The lowest BCUT2D eigenvalue weighted by Gasteiger charge is -2.13. The first-order chi connectivity index (χ1) is 15.7. The Balaban J connectivity index is 1.27. The molecule has 0 bridgehead atoms. The van der Waals surface area contributed by atoms with Gasteiger partial charge in [-0.2, -0.15) is 0 Å². The van der Waals surface area contributed by atoms with E-state index >= 15 is 0 Å². The minimum absolute atomic E-state index is 0.480. The molecule has 0 aliphatic rings. The van der Waals surface area contributed by atoms with E-state index in [2.05, 4.69) is 57.5 Å². The summed E-state index contributed by atoms with van der Waals surface area (Å²) in [7, 11) is 0. The maximum atomic E-state index is 10.3. The van der Waals surface area contributed by atoms with Crippen LogP contribution in [0, 0.1) is 0 Å². The maximum absolute atomic E-state index is 10.3. The van der Waals surface area contributed by atoms with E-state index < -0.39 is 6.10 Å². The Morgan fingerprint density at radius 1 is 0.906 bits per heavy atom. The number of rotatable bonds is 10. The number of aliphatic hydroxyl groups excluding tert-OH is 1. The molecular formula is C26H28N4OS. The van der Waals surface area contributed by atoms with Gasteiger partial charge >= 0.3 is 0 Å². The van der Waals surface area contributed by atoms with Crippen LogP contribution < -0.4 is 15.8 Å². The maximum Gasteiger partial charge on any atom is 0.0802 e. The van der Waals surface area contributed by atoms with Gasteiger partial charge in [0.1, 0.15) is 0 Å². The van der Waals surface area contributed by atoms with E-state index in [0.29, 0.717) is 12.1 Å². The molecule has 0 spiro atoms. The second-order valence-electron chi connectivity index (χ2n) is 7.65. The van der Waals surface area contributed by atoms with Crippen LogP contribution in [0.25, 0.3) is 21.9 Å². The lowest BCUT2D eigenvalue weighted by atomic mass is 10.0. The van der Waals surface area contributed by atoms with Gasteiger partial charge in [-0.3, -0.25) is 9.71 Å². The number of nitrogens with two attached hydrogens (primary N) is 1. The first kappa shape index (κ1) is 22.3. The monoisotopic (exact) mass is 444 g/mol. The number of hydrogen-bond acceptors (Lipinski definition) is 6. The molecule has 6 heteroatoms. The van der Waals surface area contributed by atoms with Crippen LogP contribution >= 0.6 is 11.9 Å². The Morgan fingerprint density at radius 2 is 1.72 bits per heavy atom. The third-order valence-corrected chi connectivity index (χ3v) is 6.23. The van der Waals surface area contributed by atoms with Gasteiger partial charge in [-0.1, -0.05) is 42.5 Å². The van der Waals surface area contributed by atoms with Gasteiger partial charge in [-0.15, -0.1) is 0 Å². The van der Waals surface area contributed by atoms with Gasteiger partial charge in [0, 0.05) is 41.5 Å². The highest BCUT2D eigenvalue weighted by atomic mass is 32.2. The second-order valence-corrected chi connectivity index (χ2v) is 8.59. The van der Waals surface area contributed by atoms with Gasteiger partial charge in [-0.05, 0) is 77.3 Å². The van der Waals surface area contributed by atoms with Gasteiger partial charge in [0.25, 0.3) is 0 Å². The van der Waals surface area contributed by atoms with E-state index in [1.165, 1.54) is 21.4 Å². The summed E-state index contributed by atoms with van der Waals surface area (Å²) in [6, 6.07) is 24.3. The summed E-state index contributed by atoms with van der Waals surface area (Å²) in [6.45, 7) is 2.38. The van der Waals surface area contributed by atoms with Crippen molar-refractivity contribution >= 4 is 28.4 Å². The van der Waals surface area contributed by atoms with E-state index in [0.717, 1.165) is 30.6 Å². The number of benzene rings is 3. The molecule has 0 radical (unpaired) electrons. The number of aromatic nitrogens is 1. The zero-order valence-corrected chi connectivity index (χ0v) is 18.7. The second kappa shape index (κ2) is 11.1. The summed E-state index contributed by atoms with van der Waals surface area (Å²) in [5.74, 6) is 0. The zero-order valence-electron chi connectivity index (χ0n) is 17.9. The van der Waals surface area contributed by atoms with Gasteiger partial charge in [0.15, 0.2) is 0 Å². The Morgan fingerprint density at radius 3 is 2.53 bits per heavy atom. The number of anilines is 1. The fraction of sp³-hybridized carbons (Fsp3) is 0.192. The highest BCUT2D eigenvalue weighted by Gasteiger charge is 2.08. The third kappa shape index (κ3) is 5.87. The highest BCUT2D eigenvalue weighted by Crippen LogP contribution is 2.32. The summed E-state index contributed by atoms with van der Waals surface area (Å²) >= 11 is 1.64. The molecule has 5 nitrogen and oxygen atoms in total. The van der Waals surface area contributed by atoms with Crippen LogP contribution in [0.3, 0.4) is 0 Å². The summed E-state index contributed by atoms with van der Waals surface area (Å²) in [5, 5.41) is 16.0. The quantitative estimate of drug-likeness (QED) is 0.160. The molecule has 3 aromatic carbocycles. The molecule has 1 unspecified atom stereocenters. The largest absolute Gasteiger partial charge is 0.399 e. The smallest absolute Gasteiger partial charge is 0.0802 e. The Labute approximate surface area is 193 Å². The van der Waals surface area contributed by atoms with Crippen molar-refractivity contribution in [1.29, 1.82) is 0 Å². The molecule has 0 aliphatic carbocycles. The predicted octanol–water partition coefficient (Wildman–Crippen LogP) is 4.79. The van der Waals surface area contributed by atoms with Crippen LogP contribution in [0.1, 0.15) is 18.1 Å². The molecule has 1 heterocycles. The molecule has 0 saturated carbocycles. The lowest BCUT2D eigenvalue weighted by molar-refractivity contribution is 0.167. The first-order valence-electron chi connectivity index (χ1n) is 10.8.